The molecule has 1 saturated heterocycles. The SMILES string of the molecule is CC(=O)CC[C@H](NC(=O)[C@H](C)N(C)C(=O)OC(C)(C)C)C(=O)N1CCC[C@H]1CN(CCc1ccccc1)C(=O)C(F)(F)F. The zero-order valence-electron chi connectivity index (χ0n) is 25.7. The summed E-state index contributed by atoms with van der Waals surface area (Å²) in [4.78, 5) is 66.6. The van der Waals surface area contributed by atoms with Crippen molar-refractivity contribution in [2.75, 3.05) is 26.7 Å². The number of alkyl halides is 3. The van der Waals surface area contributed by atoms with E-state index < -0.39 is 53.7 Å². The molecule has 0 spiro atoms. The maximum absolute atomic E-state index is 13.7. The molecule has 3 atom stereocenters. The molecule has 1 aromatic rings. The molecule has 0 aliphatic carbocycles. The van der Waals surface area contributed by atoms with Crippen LogP contribution in [0.2, 0.25) is 0 Å². The van der Waals surface area contributed by atoms with E-state index in [4.69, 9.17) is 4.74 Å². The maximum Gasteiger partial charge on any atom is 0.471 e. The first-order valence-corrected chi connectivity index (χ1v) is 14.4. The summed E-state index contributed by atoms with van der Waals surface area (Å²) in [5.41, 5.74) is -0.0336. The molecule has 4 amide bonds. The van der Waals surface area contributed by atoms with E-state index in [1.165, 1.54) is 25.8 Å². The Hall–Kier alpha value is -3.64. The van der Waals surface area contributed by atoms with Gasteiger partial charge in [-0.25, -0.2) is 4.79 Å². The third-order valence-corrected chi connectivity index (χ3v) is 7.18. The summed E-state index contributed by atoms with van der Waals surface area (Å²) in [6, 6.07) is 5.89. The molecular weight excluding hydrogens is 569 g/mol. The van der Waals surface area contributed by atoms with Crippen LogP contribution < -0.4 is 5.32 Å². The number of Topliss-reactive ketones (excluding diaryl/α,β-unsaturated/α-hetero) is 1. The Morgan fingerprint density at radius 3 is 2.28 bits per heavy atom. The molecule has 1 aliphatic heterocycles. The fraction of sp³-hybridized carbons (Fsp3) is 0.633. The zero-order chi connectivity index (χ0) is 32.5. The Morgan fingerprint density at radius 1 is 1.09 bits per heavy atom. The number of hydrogen-bond acceptors (Lipinski definition) is 6. The number of likely N-dealkylation sites (N-methyl/N-ethyl adjacent to an activating group) is 1. The molecule has 1 heterocycles. The second-order valence-corrected chi connectivity index (χ2v) is 11.9. The lowest BCUT2D eigenvalue weighted by Crippen LogP contribution is -2.56. The molecule has 43 heavy (non-hydrogen) atoms. The van der Waals surface area contributed by atoms with Crippen molar-refractivity contribution in [2.45, 2.75) is 96.6 Å². The van der Waals surface area contributed by atoms with Crippen LogP contribution in [-0.4, -0.2) is 101 Å². The number of ketones is 1. The van der Waals surface area contributed by atoms with Gasteiger partial charge >= 0.3 is 18.2 Å². The normalized spacial score (nSPS) is 16.7. The van der Waals surface area contributed by atoms with E-state index in [1.54, 1.807) is 51.1 Å². The van der Waals surface area contributed by atoms with Crippen molar-refractivity contribution in [3.8, 4) is 0 Å². The van der Waals surface area contributed by atoms with Gasteiger partial charge in [-0.3, -0.25) is 19.3 Å². The van der Waals surface area contributed by atoms with Gasteiger partial charge in [0.2, 0.25) is 11.8 Å². The number of nitrogens with zero attached hydrogens (tertiary/aromatic N) is 3. The maximum atomic E-state index is 13.7. The number of carbonyl (C=O) groups excluding carboxylic acids is 5. The third kappa shape index (κ3) is 11.2. The van der Waals surface area contributed by atoms with Gasteiger partial charge in [-0.2, -0.15) is 13.2 Å². The van der Waals surface area contributed by atoms with E-state index >= 15 is 0 Å². The largest absolute Gasteiger partial charge is 0.471 e. The number of amides is 4. The lowest BCUT2D eigenvalue weighted by Gasteiger charge is -2.34. The van der Waals surface area contributed by atoms with E-state index in [2.05, 4.69) is 5.32 Å². The van der Waals surface area contributed by atoms with Gasteiger partial charge in [-0.15, -0.1) is 0 Å². The van der Waals surface area contributed by atoms with E-state index in [-0.39, 0.29) is 44.7 Å². The minimum Gasteiger partial charge on any atom is -0.444 e. The molecule has 0 radical (unpaired) electrons. The highest BCUT2D eigenvalue weighted by molar-refractivity contribution is 5.92. The Morgan fingerprint density at radius 2 is 1.72 bits per heavy atom. The van der Waals surface area contributed by atoms with Gasteiger partial charge in [-0.05, 0) is 65.9 Å². The number of ether oxygens (including phenoxy) is 1. The van der Waals surface area contributed by atoms with E-state index in [1.807, 2.05) is 0 Å². The van der Waals surface area contributed by atoms with Crippen molar-refractivity contribution in [1.82, 2.24) is 20.0 Å². The molecule has 1 aromatic carbocycles. The first-order valence-electron chi connectivity index (χ1n) is 14.4. The summed E-state index contributed by atoms with van der Waals surface area (Å²) < 4.78 is 45.8. The van der Waals surface area contributed by atoms with Crippen LogP contribution >= 0.6 is 0 Å². The van der Waals surface area contributed by atoms with Crippen LogP contribution in [0, 0.1) is 0 Å². The Labute approximate surface area is 250 Å². The highest BCUT2D eigenvalue weighted by Gasteiger charge is 2.44. The van der Waals surface area contributed by atoms with Gasteiger partial charge in [0.05, 0.1) is 0 Å². The first-order chi connectivity index (χ1) is 19.9. The van der Waals surface area contributed by atoms with E-state index in [9.17, 15) is 37.1 Å². The van der Waals surface area contributed by atoms with E-state index in [0.717, 1.165) is 15.4 Å². The fourth-order valence-electron chi connectivity index (χ4n) is 4.70. The summed E-state index contributed by atoms with van der Waals surface area (Å²) in [5.74, 6) is -3.43. The molecule has 0 unspecified atom stereocenters. The lowest BCUT2D eigenvalue weighted by atomic mass is 10.1. The molecule has 0 saturated carbocycles. The predicted molar refractivity (Wildman–Crippen MR) is 153 cm³/mol. The highest BCUT2D eigenvalue weighted by atomic mass is 19.4. The number of nitrogens with one attached hydrogen (secondary N) is 1. The minimum atomic E-state index is -5.08. The lowest BCUT2D eigenvalue weighted by molar-refractivity contribution is -0.186. The van der Waals surface area contributed by atoms with Crippen molar-refractivity contribution in [2.24, 2.45) is 0 Å². The van der Waals surface area contributed by atoms with Crippen LogP contribution in [0.3, 0.4) is 0 Å². The monoisotopic (exact) mass is 612 g/mol. The third-order valence-electron chi connectivity index (χ3n) is 7.18. The van der Waals surface area contributed by atoms with Crippen LogP contribution in [0.5, 0.6) is 0 Å². The van der Waals surface area contributed by atoms with Gasteiger partial charge in [0.25, 0.3) is 0 Å². The van der Waals surface area contributed by atoms with Crippen molar-refractivity contribution >= 4 is 29.6 Å². The van der Waals surface area contributed by atoms with Crippen LogP contribution in [0.15, 0.2) is 30.3 Å². The molecule has 1 fully saturated rings. The standard InChI is InChI=1S/C30H43F3N4O6/c1-20(38)14-15-24(34-25(39)21(2)35(6)28(42)43-29(3,4)5)26(40)37-17-10-13-23(37)19-36(27(41)30(31,32)33)18-16-22-11-8-7-9-12-22/h7-9,11-12,21,23-24H,10,13-19H2,1-6H3,(H,34,39)/t21-,23-,24-/m0/s1. The van der Waals surface area contributed by atoms with Crippen molar-refractivity contribution in [3.05, 3.63) is 35.9 Å². The number of benzene rings is 1. The smallest absolute Gasteiger partial charge is 0.444 e. The fourth-order valence-corrected chi connectivity index (χ4v) is 4.70. The molecule has 1 aliphatic rings. The number of halogens is 3. The molecule has 240 valence electrons. The van der Waals surface area contributed by atoms with Crippen LogP contribution in [0.25, 0.3) is 0 Å². The van der Waals surface area contributed by atoms with Crippen molar-refractivity contribution < 1.29 is 41.9 Å². The Balaban J connectivity index is 2.21. The number of likely N-dealkylation sites (tertiary alicyclic amines) is 1. The van der Waals surface area contributed by atoms with Crippen molar-refractivity contribution in [1.29, 1.82) is 0 Å². The minimum absolute atomic E-state index is 0.0265. The van der Waals surface area contributed by atoms with Crippen LogP contribution in [0.4, 0.5) is 18.0 Å². The molecule has 2 rings (SSSR count). The Kier molecular flexibility index (Phi) is 12.6. The number of hydrogen-bond donors (Lipinski definition) is 1. The molecule has 10 nitrogen and oxygen atoms in total. The van der Waals surface area contributed by atoms with Gasteiger partial charge in [0, 0.05) is 39.1 Å². The second kappa shape index (κ2) is 15.2. The number of carbonyl (C=O) groups is 5. The average Bonchev–Trinajstić information content (AvgIpc) is 3.38. The Bertz CT molecular complexity index is 1140. The first kappa shape index (κ1) is 35.6. The van der Waals surface area contributed by atoms with Gasteiger partial charge in [0.15, 0.2) is 0 Å². The quantitative estimate of drug-likeness (QED) is 0.385. The van der Waals surface area contributed by atoms with Crippen LogP contribution in [-0.2, 0) is 30.3 Å². The van der Waals surface area contributed by atoms with Gasteiger partial charge in [0.1, 0.15) is 23.5 Å². The topological polar surface area (TPSA) is 116 Å². The molecule has 1 N–H and O–H groups in total. The second-order valence-electron chi connectivity index (χ2n) is 11.9. The van der Waals surface area contributed by atoms with E-state index in [0.29, 0.717) is 12.8 Å². The van der Waals surface area contributed by atoms with Gasteiger partial charge in [-0.1, -0.05) is 30.3 Å². The summed E-state index contributed by atoms with van der Waals surface area (Å²) in [6.45, 7) is 7.52. The predicted octanol–water partition coefficient (Wildman–Crippen LogP) is 3.72. The molecule has 13 heteroatoms. The molecule has 0 bridgehead atoms. The summed E-state index contributed by atoms with van der Waals surface area (Å²) in [6.07, 6.45) is -4.83. The summed E-state index contributed by atoms with van der Waals surface area (Å²) in [7, 11) is 1.38. The summed E-state index contributed by atoms with van der Waals surface area (Å²) in [5, 5.41) is 2.62. The average molecular weight is 613 g/mol. The van der Waals surface area contributed by atoms with Crippen molar-refractivity contribution in [3.63, 3.8) is 0 Å². The summed E-state index contributed by atoms with van der Waals surface area (Å²) >= 11 is 0. The van der Waals surface area contributed by atoms with Gasteiger partial charge < -0.3 is 24.6 Å². The number of rotatable bonds is 12. The highest BCUT2D eigenvalue weighted by Crippen LogP contribution is 2.24. The van der Waals surface area contributed by atoms with Crippen LogP contribution in [0.1, 0.15) is 65.9 Å². The zero-order valence-corrected chi connectivity index (χ0v) is 25.7. The molecule has 0 aromatic heterocycles. The molecular formula is C30H43F3N4O6.